The van der Waals surface area contributed by atoms with E-state index in [2.05, 4.69) is 4.74 Å². The largest absolute Gasteiger partial charge is 0.491 e. The summed E-state index contributed by atoms with van der Waals surface area (Å²) in [6.07, 6.45) is 0. The molecule has 26 heavy (non-hydrogen) atoms. The van der Waals surface area contributed by atoms with Crippen molar-refractivity contribution in [1.82, 2.24) is 4.90 Å². The maximum Gasteiger partial charge on any atom is 0.325 e. The molecule has 0 atom stereocenters. The third kappa shape index (κ3) is 6.94. The van der Waals surface area contributed by atoms with Crippen molar-refractivity contribution in [2.45, 2.75) is 6.54 Å². The molecule has 0 radical (unpaired) electrons. The molecule has 0 N–H and O–H groups in total. The normalized spacial score (nSPS) is 10.2. The number of amides is 1. The zero-order valence-electron chi connectivity index (χ0n) is 14.8. The third-order valence-electron chi connectivity index (χ3n) is 3.58. The summed E-state index contributed by atoms with van der Waals surface area (Å²) in [4.78, 5) is 25.4. The standard InChI is InChI=1S/C20H23NO5/c1-24-20(23)15-21(14-17-8-4-2-5-9-17)19(22)16-25-12-13-26-18-10-6-3-7-11-18/h2-11H,12-16H2,1H3. The van der Waals surface area contributed by atoms with Crippen LogP contribution in [-0.4, -0.2) is 50.3 Å². The van der Waals surface area contributed by atoms with Crippen molar-refractivity contribution < 1.29 is 23.8 Å². The van der Waals surface area contributed by atoms with Crippen LogP contribution in [0.3, 0.4) is 0 Å². The number of carbonyl (C=O) groups excluding carboxylic acids is 2. The van der Waals surface area contributed by atoms with E-state index in [9.17, 15) is 9.59 Å². The van der Waals surface area contributed by atoms with Gasteiger partial charge in [0, 0.05) is 6.54 Å². The van der Waals surface area contributed by atoms with E-state index >= 15 is 0 Å². The fourth-order valence-corrected chi connectivity index (χ4v) is 2.24. The number of rotatable bonds is 10. The maximum atomic E-state index is 12.4. The number of hydrogen-bond acceptors (Lipinski definition) is 5. The van der Waals surface area contributed by atoms with E-state index in [4.69, 9.17) is 9.47 Å². The molecule has 0 unspecified atom stereocenters. The summed E-state index contributed by atoms with van der Waals surface area (Å²) in [7, 11) is 1.30. The van der Waals surface area contributed by atoms with Crippen LogP contribution in [0.15, 0.2) is 60.7 Å². The van der Waals surface area contributed by atoms with Gasteiger partial charge in [0.05, 0.1) is 13.7 Å². The Morgan fingerprint density at radius 2 is 1.58 bits per heavy atom. The monoisotopic (exact) mass is 357 g/mol. The van der Waals surface area contributed by atoms with Crippen LogP contribution in [0.5, 0.6) is 5.75 Å². The Hall–Kier alpha value is -2.86. The first-order valence-corrected chi connectivity index (χ1v) is 8.33. The Morgan fingerprint density at radius 3 is 2.23 bits per heavy atom. The summed E-state index contributed by atoms with van der Waals surface area (Å²) >= 11 is 0. The van der Waals surface area contributed by atoms with Gasteiger partial charge >= 0.3 is 5.97 Å². The molecule has 2 aromatic carbocycles. The van der Waals surface area contributed by atoms with Gasteiger partial charge in [-0.25, -0.2) is 0 Å². The van der Waals surface area contributed by atoms with Crippen LogP contribution in [0.2, 0.25) is 0 Å². The van der Waals surface area contributed by atoms with Crippen LogP contribution < -0.4 is 4.74 Å². The molecule has 0 saturated heterocycles. The number of methoxy groups -OCH3 is 1. The van der Waals surface area contributed by atoms with Crippen LogP contribution in [0.4, 0.5) is 0 Å². The smallest absolute Gasteiger partial charge is 0.325 e. The first-order chi connectivity index (χ1) is 12.7. The summed E-state index contributed by atoms with van der Waals surface area (Å²) < 4.78 is 15.6. The molecule has 0 heterocycles. The second-order valence-electron chi connectivity index (χ2n) is 5.53. The highest BCUT2D eigenvalue weighted by molar-refractivity contribution is 5.82. The van der Waals surface area contributed by atoms with Gasteiger partial charge in [-0.2, -0.15) is 0 Å². The molecule has 2 aromatic rings. The fourth-order valence-electron chi connectivity index (χ4n) is 2.24. The molecule has 0 aliphatic rings. The first-order valence-electron chi connectivity index (χ1n) is 8.33. The lowest BCUT2D eigenvalue weighted by Crippen LogP contribution is -2.38. The molecule has 2 rings (SSSR count). The highest BCUT2D eigenvalue weighted by Crippen LogP contribution is 2.08. The van der Waals surface area contributed by atoms with Gasteiger partial charge < -0.3 is 19.1 Å². The molecule has 0 saturated carbocycles. The minimum atomic E-state index is -0.471. The van der Waals surface area contributed by atoms with E-state index in [1.165, 1.54) is 12.0 Å². The van der Waals surface area contributed by atoms with Gasteiger partial charge in [0.1, 0.15) is 25.5 Å². The van der Waals surface area contributed by atoms with Gasteiger partial charge in [-0.3, -0.25) is 9.59 Å². The SMILES string of the molecule is COC(=O)CN(Cc1ccccc1)C(=O)COCCOc1ccccc1. The van der Waals surface area contributed by atoms with E-state index in [0.717, 1.165) is 11.3 Å². The zero-order valence-corrected chi connectivity index (χ0v) is 14.8. The molecule has 0 bridgehead atoms. The maximum absolute atomic E-state index is 12.4. The van der Waals surface area contributed by atoms with Gasteiger partial charge in [0.15, 0.2) is 0 Å². The van der Waals surface area contributed by atoms with E-state index < -0.39 is 5.97 Å². The molecule has 138 valence electrons. The van der Waals surface area contributed by atoms with E-state index in [0.29, 0.717) is 13.2 Å². The summed E-state index contributed by atoms with van der Waals surface area (Å²) in [5.74, 6) is -0.000483. The third-order valence-corrected chi connectivity index (χ3v) is 3.58. The number of nitrogens with zero attached hydrogens (tertiary/aromatic N) is 1. The van der Waals surface area contributed by atoms with E-state index in [-0.39, 0.29) is 25.7 Å². The lowest BCUT2D eigenvalue weighted by molar-refractivity contribution is -0.149. The quantitative estimate of drug-likeness (QED) is 0.482. The Labute approximate surface area is 153 Å². The van der Waals surface area contributed by atoms with Crippen molar-refractivity contribution in [1.29, 1.82) is 0 Å². The van der Waals surface area contributed by atoms with Crippen LogP contribution in [-0.2, 0) is 25.6 Å². The number of esters is 1. The second kappa shape index (κ2) is 10.9. The molecule has 1 amide bonds. The summed E-state index contributed by atoms with van der Waals surface area (Å²) in [6.45, 7) is 0.694. The average Bonchev–Trinajstić information content (AvgIpc) is 2.68. The highest BCUT2D eigenvalue weighted by Gasteiger charge is 2.18. The Bertz CT molecular complexity index is 675. The van der Waals surface area contributed by atoms with Crippen molar-refractivity contribution in [3.63, 3.8) is 0 Å². The minimum Gasteiger partial charge on any atom is -0.491 e. The van der Waals surface area contributed by atoms with Crippen molar-refractivity contribution in [2.75, 3.05) is 33.5 Å². The molecule has 0 aromatic heterocycles. The molecule has 6 nitrogen and oxygen atoms in total. The Kier molecular flexibility index (Phi) is 8.15. The van der Waals surface area contributed by atoms with Crippen molar-refractivity contribution in [3.8, 4) is 5.75 Å². The average molecular weight is 357 g/mol. The molecule has 6 heteroatoms. The number of benzene rings is 2. The van der Waals surface area contributed by atoms with Gasteiger partial charge in [-0.1, -0.05) is 48.5 Å². The lowest BCUT2D eigenvalue weighted by Gasteiger charge is -2.21. The molecular weight excluding hydrogens is 334 g/mol. The molecule has 0 spiro atoms. The minimum absolute atomic E-state index is 0.117. The van der Waals surface area contributed by atoms with Crippen LogP contribution in [0, 0.1) is 0 Å². The fraction of sp³-hybridized carbons (Fsp3) is 0.300. The number of para-hydroxylation sites is 1. The Balaban J connectivity index is 1.78. The van der Waals surface area contributed by atoms with Crippen molar-refractivity contribution >= 4 is 11.9 Å². The van der Waals surface area contributed by atoms with Crippen molar-refractivity contribution in [3.05, 3.63) is 66.2 Å². The molecular formula is C20H23NO5. The van der Waals surface area contributed by atoms with Crippen LogP contribution in [0.25, 0.3) is 0 Å². The lowest BCUT2D eigenvalue weighted by atomic mass is 10.2. The highest BCUT2D eigenvalue weighted by atomic mass is 16.5. The van der Waals surface area contributed by atoms with Crippen molar-refractivity contribution in [2.24, 2.45) is 0 Å². The van der Waals surface area contributed by atoms with Gasteiger partial charge in [-0.15, -0.1) is 0 Å². The summed E-state index contributed by atoms with van der Waals surface area (Å²) in [5, 5.41) is 0. The van der Waals surface area contributed by atoms with E-state index in [1.54, 1.807) is 0 Å². The molecule has 0 aliphatic carbocycles. The van der Waals surface area contributed by atoms with Gasteiger partial charge in [0.25, 0.3) is 0 Å². The summed E-state index contributed by atoms with van der Waals surface area (Å²) in [6, 6.07) is 18.8. The predicted octanol–water partition coefficient (Wildman–Crippen LogP) is 2.28. The van der Waals surface area contributed by atoms with E-state index in [1.807, 2.05) is 60.7 Å². The second-order valence-corrected chi connectivity index (χ2v) is 5.53. The molecule has 0 fully saturated rings. The summed E-state index contributed by atoms with van der Waals surface area (Å²) in [5.41, 5.74) is 0.928. The predicted molar refractivity (Wildman–Crippen MR) is 96.6 cm³/mol. The Morgan fingerprint density at radius 1 is 0.923 bits per heavy atom. The van der Waals surface area contributed by atoms with Gasteiger partial charge in [0.2, 0.25) is 5.91 Å². The first kappa shape index (κ1) is 19.5. The number of hydrogen-bond donors (Lipinski definition) is 0. The zero-order chi connectivity index (χ0) is 18.6. The van der Waals surface area contributed by atoms with Crippen LogP contribution >= 0.6 is 0 Å². The topological polar surface area (TPSA) is 65.1 Å². The van der Waals surface area contributed by atoms with Gasteiger partial charge in [-0.05, 0) is 17.7 Å². The van der Waals surface area contributed by atoms with Crippen LogP contribution in [0.1, 0.15) is 5.56 Å². The number of carbonyl (C=O) groups is 2. The number of ether oxygens (including phenoxy) is 3. The molecule has 0 aliphatic heterocycles.